The normalized spacial score (nSPS) is 11.3. The van der Waals surface area contributed by atoms with Crippen molar-refractivity contribution >= 4 is 11.9 Å². The van der Waals surface area contributed by atoms with Gasteiger partial charge < -0.3 is 19.5 Å². The monoisotopic (exact) mass is 329 g/mol. The summed E-state index contributed by atoms with van der Waals surface area (Å²) >= 11 is 0. The number of benzene rings is 2. The predicted molar refractivity (Wildman–Crippen MR) is 88.2 cm³/mol. The molecular formula is C18H19NO5. The van der Waals surface area contributed by atoms with Crippen molar-refractivity contribution in [1.29, 1.82) is 0 Å². The van der Waals surface area contributed by atoms with Crippen LogP contribution in [0.1, 0.15) is 22.0 Å². The van der Waals surface area contributed by atoms with Crippen molar-refractivity contribution in [2.45, 2.75) is 6.04 Å². The van der Waals surface area contributed by atoms with E-state index in [4.69, 9.17) is 14.2 Å². The Morgan fingerprint density at radius 3 is 2.00 bits per heavy atom. The minimum atomic E-state index is -0.902. The molecule has 0 saturated heterocycles. The quantitative estimate of drug-likeness (QED) is 0.824. The summed E-state index contributed by atoms with van der Waals surface area (Å²) in [6, 6.07) is 12.8. The molecule has 0 aliphatic heterocycles. The number of carbonyl (C=O) groups excluding carboxylic acids is 2. The molecule has 0 fully saturated rings. The average Bonchev–Trinajstić information content (AvgIpc) is 2.65. The molecule has 0 unspecified atom stereocenters. The first-order chi connectivity index (χ1) is 11.6. The van der Waals surface area contributed by atoms with Gasteiger partial charge in [0.1, 0.15) is 11.5 Å². The van der Waals surface area contributed by atoms with E-state index in [0.29, 0.717) is 22.6 Å². The largest absolute Gasteiger partial charge is 0.497 e. The van der Waals surface area contributed by atoms with Crippen LogP contribution in [0.3, 0.4) is 0 Å². The van der Waals surface area contributed by atoms with Crippen molar-refractivity contribution < 1.29 is 23.8 Å². The molecule has 0 aromatic heterocycles. The van der Waals surface area contributed by atoms with Gasteiger partial charge in [0, 0.05) is 11.6 Å². The Hall–Kier alpha value is -3.02. The summed E-state index contributed by atoms with van der Waals surface area (Å²) in [4.78, 5) is 24.6. The first-order valence-electron chi connectivity index (χ1n) is 7.25. The van der Waals surface area contributed by atoms with Crippen molar-refractivity contribution in [2.75, 3.05) is 21.3 Å². The number of methoxy groups -OCH3 is 3. The molecule has 0 saturated carbocycles. The van der Waals surface area contributed by atoms with E-state index in [1.807, 2.05) is 6.07 Å². The molecule has 0 heterocycles. The Morgan fingerprint density at radius 1 is 0.917 bits per heavy atom. The van der Waals surface area contributed by atoms with Gasteiger partial charge in [-0.1, -0.05) is 30.3 Å². The van der Waals surface area contributed by atoms with E-state index in [1.165, 1.54) is 21.3 Å². The Bertz CT molecular complexity index is 692. The van der Waals surface area contributed by atoms with E-state index in [2.05, 4.69) is 5.32 Å². The molecule has 126 valence electrons. The fraction of sp³-hybridized carbons (Fsp3) is 0.222. The third-order valence-corrected chi connectivity index (χ3v) is 3.46. The van der Waals surface area contributed by atoms with Crippen molar-refractivity contribution in [3.8, 4) is 11.5 Å². The first-order valence-corrected chi connectivity index (χ1v) is 7.25. The topological polar surface area (TPSA) is 73.9 Å². The third-order valence-electron chi connectivity index (χ3n) is 3.46. The zero-order valence-electron chi connectivity index (χ0n) is 13.7. The Balaban J connectivity index is 2.29. The van der Waals surface area contributed by atoms with Gasteiger partial charge in [0.05, 0.1) is 21.3 Å². The van der Waals surface area contributed by atoms with Crippen LogP contribution in [0.2, 0.25) is 0 Å². The lowest BCUT2D eigenvalue weighted by molar-refractivity contribution is -0.143. The molecule has 6 nitrogen and oxygen atoms in total. The Labute approximate surface area is 140 Å². The summed E-state index contributed by atoms with van der Waals surface area (Å²) in [6.07, 6.45) is 0. The number of carbonyl (C=O) groups is 2. The zero-order valence-corrected chi connectivity index (χ0v) is 13.7. The van der Waals surface area contributed by atoms with Gasteiger partial charge in [-0.05, 0) is 17.7 Å². The van der Waals surface area contributed by atoms with E-state index in [0.717, 1.165) is 0 Å². The van der Waals surface area contributed by atoms with Crippen molar-refractivity contribution in [3.63, 3.8) is 0 Å². The van der Waals surface area contributed by atoms with Crippen LogP contribution in [0, 0.1) is 0 Å². The molecule has 2 aromatic carbocycles. The van der Waals surface area contributed by atoms with Gasteiger partial charge in [-0.2, -0.15) is 0 Å². The Morgan fingerprint density at radius 2 is 1.50 bits per heavy atom. The maximum atomic E-state index is 12.6. The molecule has 1 atom stereocenters. The molecular weight excluding hydrogens is 310 g/mol. The van der Waals surface area contributed by atoms with Gasteiger partial charge in [0.25, 0.3) is 5.91 Å². The van der Waals surface area contributed by atoms with E-state index in [-0.39, 0.29) is 0 Å². The van der Waals surface area contributed by atoms with Crippen molar-refractivity contribution in [3.05, 3.63) is 59.7 Å². The van der Waals surface area contributed by atoms with Crippen LogP contribution in [-0.2, 0) is 9.53 Å². The SMILES string of the molecule is COC(=O)[C@H](NC(=O)c1cc(OC)cc(OC)c1)c1ccccc1. The van der Waals surface area contributed by atoms with Crippen LogP contribution in [0.25, 0.3) is 0 Å². The predicted octanol–water partition coefficient (Wildman–Crippen LogP) is 2.35. The van der Waals surface area contributed by atoms with Crippen LogP contribution in [0.5, 0.6) is 11.5 Å². The minimum absolute atomic E-state index is 0.316. The fourth-order valence-electron chi connectivity index (χ4n) is 2.19. The number of hydrogen-bond acceptors (Lipinski definition) is 5. The van der Waals surface area contributed by atoms with E-state index in [1.54, 1.807) is 42.5 Å². The average molecular weight is 329 g/mol. The second kappa shape index (κ2) is 8.01. The summed E-state index contributed by atoms with van der Waals surface area (Å²) in [7, 11) is 4.27. The van der Waals surface area contributed by atoms with Crippen molar-refractivity contribution in [1.82, 2.24) is 5.32 Å². The van der Waals surface area contributed by atoms with Gasteiger partial charge in [-0.3, -0.25) is 4.79 Å². The van der Waals surface area contributed by atoms with Crippen LogP contribution >= 0.6 is 0 Å². The number of nitrogens with one attached hydrogen (secondary N) is 1. The number of rotatable bonds is 6. The zero-order chi connectivity index (χ0) is 17.5. The molecule has 0 aliphatic rings. The summed E-state index contributed by atoms with van der Waals surface area (Å²) < 4.78 is 15.1. The molecule has 0 bridgehead atoms. The van der Waals surface area contributed by atoms with E-state index >= 15 is 0 Å². The smallest absolute Gasteiger partial charge is 0.333 e. The molecule has 0 radical (unpaired) electrons. The lowest BCUT2D eigenvalue weighted by atomic mass is 10.1. The van der Waals surface area contributed by atoms with E-state index in [9.17, 15) is 9.59 Å². The van der Waals surface area contributed by atoms with Crippen LogP contribution in [-0.4, -0.2) is 33.2 Å². The van der Waals surface area contributed by atoms with Crippen molar-refractivity contribution in [2.24, 2.45) is 0 Å². The molecule has 2 aromatic rings. The first kappa shape index (κ1) is 17.3. The van der Waals surface area contributed by atoms with Crippen LogP contribution < -0.4 is 14.8 Å². The highest BCUT2D eigenvalue weighted by Crippen LogP contribution is 2.23. The highest BCUT2D eigenvalue weighted by Gasteiger charge is 2.24. The van der Waals surface area contributed by atoms with Gasteiger partial charge in [0.15, 0.2) is 6.04 Å². The van der Waals surface area contributed by atoms with Gasteiger partial charge in [-0.15, -0.1) is 0 Å². The summed E-state index contributed by atoms with van der Waals surface area (Å²) in [5, 5.41) is 2.68. The molecule has 0 aliphatic carbocycles. The maximum Gasteiger partial charge on any atom is 0.333 e. The van der Waals surface area contributed by atoms with Gasteiger partial charge >= 0.3 is 5.97 Å². The number of ether oxygens (including phenoxy) is 3. The molecule has 1 amide bonds. The second-order valence-electron chi connectivity index (χ2n) is 4.94. The standard InChI is InChI=1S/C18H19NO5/c1-22-14-9-13(10-15(11-14)23-2)17(20)19-16(18(21)24-3)12-7-5-4-6-8-12/h4-11,16H,1-3H3,(H,19,20)/t16-/m1/s1. The highest BCUT2D eigenvalue weighted by atomic mass is 16.5. The van der Waals surface area contributed by atoms with Gasteiger partial charge in [-0.25, -0.2) is 4.79 Å². The number of hydrogen-bond donors (Lipinski definition) is 1. The maximum absolute atomic E-state index is 12.6. The lowest BCUT2D eigenvalue weighted by Crippen LogP contribution is -2.34. The summed E-state index contributed by atoms with van der Waals surface area (Å²) in [5.41, 5.74) is 0.948. The lowest BCUT2D eigenvalue weighted by Gasteiger charge is -2.17. The summed E-state index contributed by atoms with van der Waals surface area (Å²) in [6.45, 7) is 0. The highest BCUT2D eigenvalue weighted by molar-refractivity contribution is 5.97. The summed E-state index contributed by atoms with van der Waals surface area (Å²) in [5.74, 6) is -0.0291. The molecule has 1 N–H and O–H groups in total. The molecule has 24 heavy (non-hydrogen) atoms. The Kier molecular flexibility index (Phi) is 5.78. The molecule has 6 heteroatoms. The van der Waals surface area contributed by atoms with E-state index < -0.39 is 17.9 Å². The molecule has 0 spiro atoms. The fourth-order valence-corrected chi connectivity index (χ4v) is 2.19. The van der Waals surface area contributed by atoms with Crippen LogP contribution in [0.15, 0.2) is 48.5 Å². The number of amides is 1. The minimum Gasteiger partial charge on any atom is -0.497 e. The second-order valence-corrected chi connectivity index (χ2v) is 4.94. The third kappa shape index (κ3) is 4.04. The molecule has 2 rings (SSSR count). The van der Waals surface area contributed by atoms with Gasteiger partial charge in [0.2, 0.25) is 0 Å². The van der Waals surface area contributed by atoms with Crippen LogP contribution in [0.4, 0.5) is 0 Å². The number of esters is 1.